The number of thioether (sulfide) groups is 1. The van der Waals surface area contributed by atoms with Gasteiger partial charge in [-0.2, -0.15) is 0 Å². The van der Waals surface area contributed by atoms with E-state index in [1.807, 2.05) is 18.4 Å². The normalized spacial score (nSPS) is 11.5. The molecule has 0 aliphatic heterocycles. The highest BCUT2D eigenvalue weighted by atomic mass is 32.2. The third-order valence-corrected chi connectivity index (χ3v) is 5.14. The SMILES string of the molecule is CSc1ccccc1NS(=O)(=O)c1ccc(C=CC(=O)O)cc1. The zero-order valence-electron chi connectivity index (χ0n) is 12.3. The van der Waals surface area contributed by atoms with Crippen molar-refractivity contribution in [2.45, 2.75) is 9.79 Å². The van der Waals surface area contributed by atoms with Crippen molar-refractivity contribution in [3.63, 3.8) is 0 Å². The van der Waals surface area contributed by atoms with Gasteiger partial charge in [0.05, 0.1) is 10.6 Å². The van der Waals surface area contributed by atoms with Crippen molar-refractivity contribution in [3.05, 3.63) is 60.2 Å². The average Bonchev–Trinajstić information content (AvgIpc) is 2.53. The van der Waals surface area contributed by atoms with Crippen LogP contribution in [0.2, 0.25) is 0 Å². The van der Waals surface area contributed by atoms with Gasteiger partial charge in [0.2, 0.25) is 0 Å². The number of carboxylic acids is 1. The number of sulfonamides is 1. The predicted octanol–water partition coefficient (Wildman–Crippen LogP) is 3.31. The van der Waals surface area contributed by atoms with Crippen molar-refractivity contribution >= 4 is 39.5 Å². The lowest BCUT2D eigenvalue weighted by Gasteiger charge is -2.11. The minimum Gasteiger partial charge on any atom is -0.478 e. The second-order valence-electron chi connectivity index (χ2n) is 4.55. The molecular formula is C16H15NO4S2. The molecule has 2 rings (SSSR count). The Bertz CT molecular complexity index is 827. The van der Waals surface area contributed by atoms with Crippen LogP contribution in [0.25, 0.3) is 6.08 Å². The first-order valence-electron chi connectivity index (χ1n) is 6.59. The van der Waals surface area contributed by atoms with Gasteiger partial charge in [0.25, 0.3) is 10.0 Å². The molecule has 0 unspecified atom stereocenters. The molecule has 0 aliphatic rings. The van der Waals surface area contributed by atoms with Crippen LogP contribution < -0.4 is 4.72 Å². The van der Waals surface area contributed by atoms with E-state index in [2.05, 4.69) is 4.72 Å². The lowest BCUT2D eigenvalue weighted by Crippen LogP contribution is -2.13. The van der Waals surface area contributed by atoms with E-state index in [9.17, 15) is 13.2 Å². The summed E-state index contributed by atoms with van der Waals surface area (Å²) in [5.41, 5.74) is 1.13. The molecule has 0 heterocycles. The highest BCUT2D eigenvalue weighted by molar-refractivity contribution is 7.99. The van der Waals surface area contributed by atoms with Crippen molar-refractivity contribution in [2.75, 3.05) is 11.0 Å². The predicted molar refractivity (Wildman–Crippen MR) is 92.1 cm³/mol. The summed E-state index contributed by atoms with van der Waals surface area (Å²) in [6, 6.07) is 13.1. The van der Waals surface area contributed by atoms with Crippen LogP contribution in [0.15, 0.2) is 64.4 Å². The van der Waals surface area contributed by atoms with Crippen molar-refractivity contribution in [1.29, 1.82) is 0 Å². The van der Waals surface area contributed by atoms with Crippen LogP contribution in [0.1, 0.15) is 5.56 Å². The first kappa shape index (κ1) is 17.1. The third kappa shape index (κ3) is 4.61. The van der Waals surface area contributed by atoms with Gasteiger partial charge in [-0.15, -0.1) is 11.8 Å². The maximum absolute atomic E-state index is 12.4. The monoisotopic (exact) mass is 349 g/mol. The van der Waals surface area contributed by atoms with E-state index in [0.29, 0.717) is 11.3 Å². The Hall–Kier alpha value is -2.25. The van der Waals surface area contributed by atoms with E-state index in [1.165, 1.54) is 30.0 Å². The molecule has 120 valence electrons. The van der Waals surface area contributed by atoms with Gasteiger partial charge in [-0.3, -0.25) is 4.72 Å². The number of benzene rings is 2. The molecule has 0 amide bonds. The summed E-state index contributed by atoms with van der Waals surface area (Å²) < 4.78 is 27.4. The van der Waals surface area contributed by atoms with E-state index in [0.717, 1.165) is 11.0 Å². The summed E-state index contributed by atoms with van der Waals surface area (Å²) in [6.07, 6.45) is 4.27. The summed E-state index contributed by atoms with van der Waals surface area (Å²) >= 11 is 1.45. The molecule has 0 bridgehead atoms. The van der Waals surface area contributed by atoms with Gasteiger partial charge in [-0.1, -0.05) is 24.3 Å². The molecule has 0 saturated carbocycles. The summed E-state index contributed by atoms with van der Waals surface area (Å²) in [4.78, 5) is 11.4. The average molecular weight is 349 g/mol. The largest absolute Gasteiger partial charge is 0.478 e. The maximum atomic E-state index is 12.4. The third-order valence-electron chi connectivity index (χ3n) is 2.96. The van der Waals surface area contributed by atoms with E-state index >= 15 is 0 Å². The first-order valence-corrected chi connectivity index (χ1v) is 9.30. The molecule has 0 aliphatic carbocycles. The van der Waals surface area contributed by atoms with Gasteiger partial charge in [0.1, 0.15) is 0 Å². The Morgan fingerprint density at radius 3 is 2.39 bits per heavy atom. The van der Waals surface area contributed by atoms with Crippen molar-refractivity contribution in [1.82, 2.24) is 0 Å². The number of hydrogen-bond acceptors (Lipinski definition) is 4. The van der Waals surface area contributed by atoms with Gasteiger partial charge in [0.15, 0.2) is 0 Å². The number of hydrogen-bond donors (Lipinski definition) is 2. The molecule has 0 atom stereocenters. The molecule has 0 spiro atoms. The Morgan fingerprint density at radius 1 is 1.13 bits per heavy atom. The molecule has 23 heavy (non-hydrogen) atoms. The lowest BCUT2D eigenvalue weighted by molar-refractivity contribution is -0.131. The van der Waals surface area contributed by atoms with E-state index in [-0.39, 0.29) is 4.90 Å². The Morgan fingerprint density at radius 2 is 1.78 bits per heavy atom. The topological polar surface area (TPSA) is 83.5 Å². The minimum absolute atomic E-state index is 0.112. The number of para-hydroxylation sites is 1. The van der Waals surface area contributed by atoms with Gasteiger partial charge >= 0.3 is 5.97 Å². The Labute approximate surface area is 139 Å². The molecule has 2 N–H and O–H groups in total. The molecule has 5 nitrogen and oxygen atoms in total. The van der Waals surface area contributed by atoms with Crippen molar-refractivity contribution in [3.8, 4) is 0 Å². The first-order chi connectivity index (χ1) is 10.9. The molecular weight excluding hydrogens is 334 g/mol. The highest BCUT2D eigenvalue weighted by Gasteiger charge is 2.15. The standard InChI is InChI=1S/C16H15NO4S2/c1-22-15-5-3-2-4-14(15)17-23(20,21)13-9-6-12(7-10-13)8-11-16(18)19/h2-11,17H,1H3,(H,18,19). The molecule has 2 aromatic rings. The number of carboxylic acid groups (broad SMARTS) is 1. The number of rotatable bonds is 6. The van der Waals surface area contributed by atoms with E-state index in [4.69, 9.17) is 5.11 Å². The van der Waals surface area contributed by atoms with Gasteiger partial charge < -0.3 is 5.11 Å². The number of aliphatic carboxylic acids is 1. The van der Waals surface area contributed by atoms with Crippen LogP contribution in [-0.4, -0.2) is 25.7 Å². The van der Waals surface area contributed by atoms with Crippen LogP contribution in [0.3, 0.4) is 0 Å². The molecule has 2 aromatic carbocycles. The summed E-state index contributed by atoms with van der Waals surface area (Å²) in [5.74, 6) is -1.06. The summed E-state index contributed by atoms with van der Waals surface area (Å²) in [6.45, 7) is 0. The molecule has 0 radical (unpaired) electrons. The number of anilines is 1. The Balaban J connectivity index is 2.24. The summed E-state index contributed by atoms with van der Waals surface area (Å²) in [5, 5.41) is 8.58. The quantitative estimate of drug-likeness (QED) is 0.617. The smallest absolute Gasteiger partial charge is 0.328 e. The zero-order chi connectivity index (χ0) is 16.9. The van der Waals surface area contributed by atoms with Crippen LogP contribution in [0.5, 0.6) is 0 Å². The fraction of sp³-hybridized carbons (Fsp3) is 0.0625. The zero-order valence-corrected chi connectivity index (χ0v) is 13.9. The molecule has 7 heteroatoms. The van der Waals surface area contributed by atoms with Crippen LogP contribution >= 0.6 is 11.8 Å². The van der Waals surface area contributed by atoms with Gasteiger partial charge in [-0.05, 0) is 42.2 Å². The van der Waals surface area contributed by atoms with Crippen molar-refractivity contribution in [2.24, 2.45) is 0 Å². The minimum atomic E-state index is -3.70. The molecule has 0 fully saturated rings. The van der Waals surface area contributed by atoms with Gasteiger partial charge in [0, 0.05) is 11.0 Å². The number of nitrogens with one attached hydrogen (secondary N) is 1. The lowest BCUT2D eigenvalue weighted by atomic mass is 10.2. The van der Waals surface area contributed by atoms with E-state index in [1.54, 1.807) is 24.3 Å². The summed E-state index contributed by atoms with van der Waals surface area (Å²) in [7, 11) is -3.70. The fourth-order valence-corrected chi connectivity index (χ4v) is 3.56. The van der Waals surface area contributed by atoms with Gasteiger partial charge in [-0.25, -0.2) is 13.2 Å². The van der Waals surface area contributed by atoms with Crippen LogP contribution in [0.4, 0.5) is 5.69 Å². The number of carbonyl (C=O) groups is 1. The second kappa shape index (κ2) is 7.34. The second-order valence-corrected chi connectivity index (χ2v) is 7.08. The highest BCUT2D eigenvalue weighted by Crippen LogP contribution is 2.27. The van der Waals surface area contributed by atoms with Crippen molar-refractivity contribution < 1.29 is 18.3 Å². The van der Waals surface area contributed by atoms with Crippen LogP contribution in [-0.2, 0) is 14.8 Å². The van der Waals surface area contributed by atoms with E-state index < -0.39 is 16.0 Å². The molecule has 0 aromatic heterocycles. The Kier molecular flexibility index (Phi) is 5.46. The maximum Gasteiger partial charge on any atom is 0.328 e. The fourth-order valence-electron chi connectivity index (χ4n) is 1.86. The van der Waals surface area contributed by atoms with Crippen LogP contribution in [0, 0.1) is 0 Å². The molecule has 0 saturated heterocycles.